The van der Waals surface area contributed by atoms with E-state index < -0.39 is 17.7 Å². The van der Waals surface area contributed by atoms with E-state index in [0.717, 1.165) is 23.3 Å². The number of rotatable bonds is 10. The minimum Gasteiger partial charge on any atom is -0.490 e. The topological polar surface area (TPSA) is 84.9 Å². The number of nitrogens with zero attached hydrogens (tertiary/aromatic N) is 1. The summed E-state index contributed by atoms with van der Waals surface area (Å²) in [6, 6.07) is 11.8. The molecule has 0 spiro atoms. The highest BCUT2D eigenvalue weighted by Crippen LogP contribution is 2.31. The molecule has 164 valence electrons. The number of imide groups is 1. The number of carbonyl (C=O) groups excluding carboxylic acids is 3. The van der Waals surface area contributed by atoms with Crippen LogP contribution >= 0.6 is 0 Å². The number of hydrogen-bond donors (Lipinski definition) is 1. The lowest BCUT2D eigenvalue weighted by Gasteiger charge is -2.19. The van der Waals surface area contributed by atoms with Crippen LogP contribution in [0.2, 0.25) is 0 Å². The van der Waals surface area contributed by atoms with Gasteiger partial charge in [0, 0.05) is 0 Å². The molecule has 0 radical (unpaired) electrons. The van der Waals surface area contributed by atoms with Gasteiger partial charge in [0.05, 0.1) is 30.4 Å². The van der Waals surface area contributed by atoms with E-state index in [2.05, 4.69) is 5.32 Å². The van der Waals surface area contributed by atoms with Crippen molar-refractivity contribution < 1.29 is 23.9 Å². The van der Waals surface area contributed by atoms with Gasteiger partial charge < -0.3 is 14.8 Å². The van der Waals surface area contributed by atoms with Crippen LogP contribution in [0.1, 0.15) is 65.9 Å². The first-order valence-corrected chi connectivity index (χ1v) is 10.6. The van der Waals surface area contributed by atoms with Gasteiger partial charge in [-0.3, -0.25) is 19.3 Å². The third-order valence-corrected chi connectivity index (χ3v) is 4.95. The van der Waals surface area contributed by atoms with Crippen molar-refractivity contribution in [1.29, 1.82) is 0 Å². The fourth-order valence-corrected chi connectivity index (χ4v) is 3.35. The lowest BCUT2D eigenvalue weighted by molar-refractivity contribution is -0.122. The molecule has 1 atom stereocenters. The second kappa shape index (κ2) is 10.1. The Morgan fingerprint density at radius 3 is 2.10 bits per heavy atom. The zero-order chi connectivity index (χ0) is 22.4. The molecular formula is C24H28N2O5. The van der Waals surface area contributed by atoms with Crippen molar-refractivity contribution in [2.75, 3.05) is 19.8 Å². The normalized spacial score (nSPS) is 13.7. The first-order valence-electron chi connectivity index (χ1n) is 10.6. The summed E-state index contributed by atoms with van der Waals surface area (Å²) < 4.78 is 11.6. The van der Waals surface area contributed by atoms with E-state index >= 15 is 0 Å². The van der Waals surface area contributed by atoms with Crippen molar-refractivity contribution in [3.05, 3.63) is 59.2 Å². The first kappa shape index (κ1) is 22.3. The maximum atomic E-state index is 12.6. The highest BCUT2D eigenvalue weighted by Gasteiger charge is 2.36. The number of hydrogen-bond acceptors (Lipinski definition) is 5. The molecule has 7 heteroatoms. The molecule has 0 saturated heterocycles. The summed E-state index contributed by atoms with van der Waals surface area (Å²) in [7, 11) is 0. The van der Waals surface area contributed by atoms with Crippen LogP contribution in [0.25, 0.3) is 0 Å². The van der Waals surface area contributed by atoms with Gasteiger partial charge in [-0.15, -0.1) is 0 Å². The Morgan fingerprint density at radius 1 is 0.935 bits per heavy atom. The van der Waals surface area contributed by atoms with Crippen molar-refractivity contribution in [1.82, 2.24) is 10.2 Å². The summed E-state index contributed by atoms with van der Waals surface area (Å²) in [4.78, 5) is 38.5. The minimum atomic E-state index is -0.448. The molecule has 7 nitrogen and oxygen atoms in total. The van der Waals surface area contributed by atoms with Gasteiger partial charge in [0.25, 0.3) is 11.8 Å². The lowest BCUT2D eigenvalue weighted by atomic mass is 10.1. The Morgan fingerprint density at radius 2 is 1.52 bits per heavy atom. The van der Waals surface area contributed by atoms with Gasteiger partial charge in [0.2, 0.25) is 5.91 Å². The molecule has 3 rings (SSSR count). The van der Waals surface area contributed by atoms with Crippen LogP contribution in [0.5, 0.6) is 11.5 Å². The zero-order valence-corrected chi connectivity index (χ0v) is 18.1. The van der Waals surface area contributed by atoms with Crippen molar-refractivity contribution in [2.45, 2.75) is 39.7 Å². The molecule has 1 N–H and O–H groups in total. The largest absolute Gasteiger partial charge is 0.490 e. The molecule has 0 aromatic heterocycles. The quantitative estimate of drug-likeness (QED) is 0.588. The third-order valence-electron chi connectivity index (χ3n) is 4.95. The Balaban J connectivity index is 1.67. The number of ether oxygens (including phenoxy) is 2. The number of carbonyl (C=O) groups is 3. The van der Waals surface area contributed by atoms with Crippen molar-refractivity contribution in [2.24, 2.45) is 0 Å². The fourth-order valence-electron chi connectivity index (χ4n) is 3.35. The molecule has 0 aliphatic carbocycles. The molecule has 1 aliphatic rings. The predicted octanol–water partition coefficient (Wildman–Crippen LogP) is 3.74. The van der Waals surface area contributed by atoms with Crippen molar-refractivity contribution >= 4 is 17.7 Å². The number of benzene rings is 2. The van der Waals surface area contributed by atoms with E-state index in [4.69, 9.17) is 9.47 Å². The molecule has 1 unspecified atom stereocenters. The second-order valence-electron chi connectivity index (χ2n) is 7.43. The van der Waals surface area contributed by atoms with Gasteiger partial charge in [0.1, 0.15) is 6.54 Å². The first-order chi connectivity index (χ1) is 15.0. The van der Waals surface area contributed by atoms with Crippen LogP contribution in [0.15, 0.2) is 42.5 Å². The average molecular weight is 424 g/mol. The Bertz CT molecular complexity index is 937. The molecule has 1 heterocycles. The van der Waals surface area contributed by atoms with Gasteiger partial charge >= 0.3 is 0 Å². The number of nitrogens with one attached hydrogen (secondary N) is 1. The minimum absolute atomic E-state index is 0.326. The van der Waals surface area contributed by atoms with Crippen LogP contribution in [0.3, 0.4) is 0 Å². The summed E-state index contributed by atoms with van der Waals surface area (Å²) in [6.07, 6.45) is 1.75. The van der Waals surface area contributed by atoms with Crippen LogP contribution < -0.4 is 14.8 Å². The van der Waals surface area contributed by atoms with E-state index in [0.29, 0.717) is 35.8 Å². The van der Waals surface area contributed by atoms with Crippen molar-refractivity contribution in [3.63, 3.8) is 0 Å². The predicted molar refractivity (Wildman–Crippen MR) is 116 cm³/mol. The van der Waals surface area contributed by atoms with E-state index in [1.807, 2.05) is 39.0 Å². The van der Waals surface area contributed by atoms with Crippen LogP contribution in [-0.4, -0.2) is 42.4 Å². The molecule has 31 heavy (non-hydrogen) atoms. The molecule has 0 saturated carbocycles. The highest BCUT2D eigenvalue weighted by molar-refractivity contribution is 6.22. The summed E-state index contributed by atoms with van der Waals surface area (Å²) in [6.45, 7) is 6.73. The highest BCUT2D eigenvalue weighted by atomic mass is 16.5. The van der Waals surface area contributed by atoms with Gasteiger partial charge in [-0.2, -0.15) is 0 Å². The van der Waals surface area contributed by atoms with Crippen LogP contribution in [-0.2, 0) is 4.79 Å². The molecular weight excluding hydrogens is 396 g/mol. The SMILES string of the molecule is CCCOc1ccc(C(C)NC(=O)CN2C(=O)c3ccccc3C2=O)cc1OCCC. The average Bonchev–Trinajstić information content (AvgIpc) is 3.01. The second-order valence-corrected chi connectivity index (χ2v) is 7.43. The summed E-state index contributed by atoms with van der Waals surface area (Å²) in [5.74, 6) is -0.00523. The zero-order valence-electron chi connectivity index (χ0n) is 18.1. The summed E-state index contributed by atoms with van der Waals surface area (Å²) in [5.41, 5.74) is 1.49. The molecule has 3 amide bonds. The van der Waals surface area contributed by atoms with Gasteiger partial charge in [0.15, 0.2) is 11.5 Å². The fraction of sp³-hybridized carbons (Fsp3) is 0.375. The maximum absolute atomic E-state index is 12.6. The molecule has 0 bridgehead atoms. The van der Waals surface area contributed by atoms with Gasteiger partial charge in [-0.1, -0.05) is 32.0 Å². The third kappa shape index (κ3) is 5.05. The molecule has 0 fully saturated rings. The lowest BCUT2D eigenvalue weighted by Crippen LogP contribution is -2.41. The van der Waals surface area contributed by atoms with E-state index in [1.165, 1.54) is 0 Å². The Hall–Kier alpha value is -3.35. The van der Waals surface area contributed by atoms with Gasteiger partial charge in [-0.25, -0.2) is 0 Å². The van der Waals surface area contributed by atoms with E-state index in [-0.39, 0.29) is 12.6 Å². The molecule has 2 aromatic carbocycles. The van der Waals surface area contributed by atoms with Crippen LogP contribution in [0.4, 0.5) is 0 Å². The molecule has 2 aromatic rings. The van der Waals surface area contributed by atoms with E-state index in [9.17, 15) is 14.4 Å². The van der Waals surface area contributed by atoms with Crippen molar-refractivity contribution in [3.8, 4) is 11.5 Å². The number of fused-ring (bicyclic) bond motifs is 1. The molecule has 1 aliphatic heterocycles. The smallest absolute Gasteiger partial charge is 0.262 e. The Kier molecular flexibility index (Phi) is 7.28. The number of amides is 3. The van der Waals surface area contributed by atoms with Gasteiger partial charge in [-0.05, 0) is 49.6 Å². The summed E-state index contributed by atoms with van der Waals surface area (Å²) in [5, 5.41) is 2.86. The monoisotopic (exact) mass is 424 g/mol. The maximum Gasteiger partial charge on any atom is 0.262 e. The Labute approximate surface area is 182 Å². The summed E-state index contributed by atoms with van der Waals surface area (Å²) >= 11 is 0. The van der Waals surface area contributed by atoms with Crippen LogP contribution in [0, 0.1) is 0 Å². The standard InChI is InChI=1S/C24H28N2O5/c1-4-12-30-20-11-10-17(14-21(20)31-13-5-2)16(3)25-22(27)15-26-23(28)18-8-6-7-9-19(18)24(26)29/h6-11,14,16H,4-5,12-13,15H2,1-3H3,(H,25,27). The van der Waals surface area contributed by atoms with E-state index in [1.54, 1.807) is 24.3 Å².